The predicted octanol–water partition coefficient (Wildman–Crippen LogP) is 14.8. The summed E-state index contributed by atoms with van der Waals surface area (Å²) in [4.78, 5) is 26.1. The lowest BCUT2D eigenvalue weighted by Crippen LogP contribution is -2.46. The van der Waals surface area contributed by atoms with Crippen LogP contribution in [0, 0.1) is 0 Å². The van der Waals surface area contributed by atoms with Gasteiger partial charge in [-0.15, -0.1) is 0 Å². The van der Waals surface area contributed by atoms with Crippen molar-refractivity contribution in [3.05, 3.63) is 60.8 Å². The molecule has 0 aromatic heterocycles. The van der Waals surface area contributed by atoms with Crippen LogP contribution in [0.1, 0.15) is 239 Å². The molecule has 0 aromatic rings. The fourth-order valence-corrected chi connectivity index (χ4v) is 7.45. The minimum Gasteiger partial charge on any atom is -0.462 e. The third-order valence-corrected chi connectivity index (χ3v) is 11.2. The number of carbonyl (C=O) groups is 2. The molecule has 0 radical (unpaired) electrons. The molecule has 3 atom stereocenters. The van der Waals surface area contributed by atoms with Gasteiger partial charge in [0, 0.05) is 6.42 Å². The Bertz CT molecular complexity index is 1060. The quantitative estimate of drug-likeness (QED) is 0.0323. The first kappa shape index (κ1) is 56.6. The van der Waals surface area contributed by atoms with E-state index in [0.717, 1.165) is 70.6 Å². The number of hydrogen-bond acceptors (Lipinski definition) is 5. The molecule has 3 N–H and O–H groups in total. The second kappa shape index (κ2) is 46.6. The molecule has 0 aliphatic carbocycles. The van der Waals surface area contributed by atoms with Crippen molar-refractivity contribution < 1.29 is 24.5 Å². The summed E-state index contributed by atoms with van der Waals surface area (Å²) in [5.74, 6) is -0.520. The summed E-state index contributed by atoms with van der Waals surface area (Å²) in [6, 6.07) is -0.709. The molecular weight excluding hydrogens is 731 g/mol. The average molecular weight is 826 g/mol. The van der Waals surface area contributed by atoms with Crippen LogP contribution in [0.4, 0.5) is 0 Å². The zero-order valence-electron chi connectivity index (χ0n) is 38.9. The first-order valence-electron chi connectivity index (χ1n) is 25.1. The number of aliphatic hydroxyl groups excluding tert-OH is 2. The number of ether oxygens (including phenoxy) is 1. The number of carbonyl (C=O) groups excluding carboxylic acids is 2. The Morgan fingerprint density at radius 1 is 0.508 bits per heavy atom. The van der Waals surface area contributed by atoms with Gasteiger partial charge in [-0.25, -0.2) is 0 Å². The number of aliphatic hydroxyl groups is 2. The van der Waals surface area contributed by atoms with E-state index in [1.807, 2.05) is 36.5 Å². The molecule has 0 aromatic carbocycles. The number of unbranched alkanes of at least 4 members (excludes halogenated alkanes) is 26. The van der Waals surface area contributed by atoms with Crippen molar-refractivity contribution in [2.24, 2.45) is 0 Å². The molecule has 3 unspecified atom stereocenters. The Morgan fingerprint density at radius 2 is 0.915 bits per heavy atom. The van der Waals surface area contributed by atoms with Crippen molar-refractivity contribution in [3.8, 4) is 0 Å². The van der Waals surface area contributed by atoms with E-state index in [-0.39, 0.29) is 24.9 Å². The number of esters is 1. The van der Waals surface area contributed by atoms with E-state index in [2.05, 4.69) is 50.4 Å². The van der Waals surface area contributed by atoms with E-state index in [9.17, 15) is 19.8 Å². The fourth-order valence-electron chi connectivity index (χ4n) is 7.45. The fraction of sp³-hybridized carbons (Fsp3) is 0.774. The molecule has 1 amide bonds. The average Bonchev–Trinajstić information content (AvgIpc) is 3.23. The Hall–Kier alpha value is -2.44. The van der Waals surface area contributed by atoms with Crippen molar-refractivity contribution in [1.29, 1.82) is 0 Å². The predicted molar refractivity (Wildman–Crippen MR) is 255 cm³/mol. The van der Waals surface area contributed by atoms with Crippen molar-refractivity contribution in [2.45, 2.75) is 257 Å². The maximum Gasteiger partial charge on any atom is 0.306 e. The largest absolute Gasteiger partial charge is 0.462 e. The van der Waals surface area contributed by atoms with Crippen molar-refractivity contribution in [2.75, 3.05) is 6.61 Å². The van der Waals surface area contributed by atoms with E-state index < -0.39 is 18.2 Å². The Kier molecular flexibility index (Phi) is 44.7. The summed E-state index contributed by atoms with van der Waals surface area (Å²) in [5.41, 5.74) is 0. The van der Waals surface area contributed by atoms with Crippen LogP contribution in [0.2, 0.25) is 0 Å². The summed E-state index contributed by atoms with van der Waals surface area (Å²) in [6.45, 7) is 6.33. The lowest BCUT2D eigenvalue weighted by molar-refractivity contribution is -0.151. The van der Waals surface area contributed by atoms with E-state index >= 15 is 0 Å². The zero-order valence-corrected chi connectivity index (χ0v) is 38.9. The number of rotatable bonds is 44. The van der Waals surface area contributed by atoms with Gasteiger partial charge in [-0.2, -0.15) is 0 Å². The lowest BCUT2D eigenvalue weighted by Gasteiger charge is -2.24. The molecule has 0 heterocycles. The number of allylic oxidation sites excluding steroid dienone is 10. The third-order valence-electron chi connectivity index (χ3n) is 11.2. The van der Waals surface area contributed by atoms with Gasteiger partial charge in [0.1, 0.15) is 6.10 Å². The molecule has 0 saturated carbocycles. The van der Waals surface area contributed by atoms with Gasteiger partial charge in [0.25, 0.3) is 0 Å². The first-order chi connectivity index (χ1) is 29.0. The molecule has 0 aliphatic rings. The SMILES string of the molecule is CC/C=C/C=C/C=C\C=C/C=C/CCCCCC(=O)OC(CCCCCCCCCCCCC)CC(=O)NC(CO)C(O)CCCCCCCCCCCCCCCC. The van der Waals surface area contributed by atoms with Crippen LogP contribution in [0.5, 0.6) is 0 Å². The molecule has 0 spiro atoms. The van der Waals surface area contributed by atoms with E-state index in [4.69, 9.17) is 4.74 Å². The van der Waals surface area contributed by atoms with Gasteiger partial charge in [0.2, 0.25) is 5.91 Å². The molecule has 0 fully saturated rings. The Morgan fingerprint density at radius 3 is 1.37 bits per heavy atom. The van der Waals surface area contributed by atoms with Gasteiger partial charge in [0.15, 0.2) is 0 Å². The van der Waals surface area contributed by atoms with E-state index in [0.29, 0.717) is 19.3 Å². The maximum absolute atomic E-state index is 13.2. The molecule has 0 aliphatic heterocycles. The smallest absolute Gasteiger partial charge is 0.306 e. The Balaban J connectivity index is 4.61. The standard InChI is InChI=1S/C53H95NO5/c1-4-7-10-13-16-19-22-24-26-28-31-34-37-40-43-46-53(58)59-49(44-41-38-35-32-29-21-18-15-12-9-6-3)47-52(57)54-50(48-55)51(56)45-42-39-36-33-30-27-25-23-20-17-14-11-8-5-2/h7,10,13,16,19,22,24,26,28,31,49-51,55-56H,4-6,8-9,11-12,14-15,17-18,20-21,23,25,27,29-30,32-48H2,1-3H3,(H,54,57)/b10-7+,16-13+,22-19-,26-24-,31-28+. The van der Waals surface area contributed by atoms with Crippen molar-refractivity contribution >= 4 is 11.9 Å². The zero-order chi connectivity index (χ0) is 43.1. The maximum atomic E-state index is 13.2. The van der Waals surface area contributed by atoms with Crippen LogP contribution < -0.4 is 5.32 Å². The minimum absolute atomic E-state index is 0.0608. The number of nitrogens with one attached hydrogen (secondary N) is 1. The van der Waals surface area contributed by atoms with Crippen LogP contribution in [-0.2, 0) is 14.3 Å². The molecule has 59 heavy (non-hydrogen) atoms. The molecule has 6 heteroatoms. The van der Waals surface area contributed by atoms with Crippen LogP contribution >= 0.6 is 0 Å². The van der Waals surface area contributed by atoms with Gasteiger partial charge in [0.05, 0.1) is 25.2 Å². The monoisotopic (exact) mass is 826 g/mol. The molecule has 0 rings (SSSR count). The summed E-state index contributed by atoms with van der Waals surface area (Å²) < 4.78 is 5.90. The highest BCUT2D eigenvalue weighted by molar-refractivity contribution is 5.77. The van der Waals surface area contributed by atoms with Gasteiger partial charge >= 0.3 is 5.97 Å². The van der Waals surface area contributed by atoms with Crippen LogP contribution in [0.15, 0.2) is 60.8 Å². The topological polar surface area (TPSA) is 95.9 Å². The second-order valence-electron chi connectivity index (χ2n) is 17.0. The van der Waals surface area contributed by atoms with Gasteiger partial charge in [-0.3, -0.25) is 9.59 Å². The molecule has 0 bridgehead atoms. The lowest BCUT2D eigenvalue weighted by atomic mass is 10.0. The molecule has 6 nitrogen and oxygen atoms in total. The third kappa shape index (κ3) is 42.1. The Labute approximate surface area is 365 Å². The van der Waals surface area contributed by atoms with Gasteiger partial charge in [-0.05, 0) is 44.9 Å². The number of hydrogen-bond donors (Lipinski definition) is 3. The highest BCUT2D eigenvalue weighted by atomic mass is 16.5. The molecular formula is C53H95NO5. The first-order valence-corrected chi connectivity index (χ1v) is 25.1. The highest BCUT2D eigenvalue weighted by Crippen LogP contribution is 2.18. The van der Waals surface area contributed by atoms with Gasteiger partial charge in [-0.1, -0.05) is 242 Å². The van der Waals surface area contributed by atoms with Crippen LogP contribution in [0.3, 0.4) is 0 Å². The van der Waals surface area contributed by atoms with Crippen LogP contribution in [0.25, 0.3) is 0 Å². The summed E-state index contributed by atoms with van der Waals surface area (Å²) in [7, 11) is 0. The molecule has 0 saturated heterocycles. The van der Waals surface area contributed by atoms with Crippen molar-refractivity contribution in [3.63, 3.8) is 0 Å². The summed E-state index contributed by atoms with van der Waals surface area (Å²) in [6.07, 6.45) is 57.0. The number of amides is 1. The highest BCUT2D eigenvalue weighted by Gasteiger charge is 2.24. The molecule has 342 valence electrons. The van der Waals surface area contributed by atoms with Crippen molar-refractivity contribution in [1.82, 2.24) is 5.32 Å². The second-order valence-corrected chi connectivity index (χ2v) is 17.0. The summed E-state index contributed by atoms with van der Waals surface area (Å²) in [5, 5.41) is 23.7. The normalized spacial score (nSPS) is 13.8. The van der Waals surface area contributed by atoms with E-state index in [1.165, 1.54) is 122 Å². The van der Waals surface area contributed by atoms with Crippen LogP contribution in [-0.4, -0.2) is 46.9 Å². The minimum atomic E-state index is -0.794. The van der Waals surface area contributed by atoms with Gasteiger partial charge < -0.3 is 20.3 Å². The van der Waals surface area contributed by atoms with E-state index in [1.54, 1.807) is 0 Å². The summed E-state index contributed by atoms with van der Waals surface area (Å²) >= 11 is 0.